The van der Waals surface area contributed by atoms with Crippen LogP contribution in [0.5, 0.6) is 0 Å². The van der Waals surface area contributed by atoms with Crippen molar-refractivity contribution < 1.29 is 37.4 Å². The smallest absolute Gasteiger partial charge is 0.407 e. The van der Waals surface area contributed by atoms with Gasteiger partial charge in [0, 0.05) is 29.8 Å². The molecule has 0 aliphatic carbocycles. The average molecular weight is 767 g/mol. The number of rotatable bonds is 10. The third-order valence-corrected chi connectivity index (χ3v) is 10.2. The van der Waals surface area contributed by atoms with Crippen LogP contribution in [0.25, 0.3) is 33.6 Å². The molecule has 0 saturated carbocycles. The van der Waals surface area contributed by atoms with Gasteiger partial charge in [0.05, 0.1) is 43.0 Å². The molecule has 14 nitrogen and oxygen atoms in total. The fraction of sp³-hybridized carbons (Fsp3) is 0.300. The van der Waals surface area contributed by atoms with Crippen molar-refractivity contribution in [3.63, 3.8) is 0 Å². The Labute approximate surface area is 320 Å². The summed E-state index contributed by atoms with van der Waals surface area (Å²) >= 11 is 0. The van der Waals surface area contributed by atoms with Crippen LogP contribution in [0.4, 0.5) is 18.4 Å². The third-order valence-electron chi connectivity index (χ3n) is 10.2. The second-order valence-corrected chi connectivity index (χ2v) is 13.7. The minimum atomic E-state index is -1.22. The van der Waals surface area contributed by atoms with Gasteiger partial charge in [-0.15, -0.1) is 0 Å². The van der Waals surface area contributed by atoms with Crippen molar-refractivity contribution in [1.82, 2.24) is 35.1 Å². The lowest BCUT2D eigenvalue weighted by Crippen LogP contribution is -2.46. The fourth-order valence-corrected chi connectivity index (χ4v) is 7.44. The van der Waals surface area contributed by atoms with Crippen molar-refractivity contribution in [2.24, 2.45) is 5.73 Å². The molecule has 4 heterocycles. The van der Waals surface area contributed by atoms with Gasteiger partial charge in [0.1, 0.15) is 29.3 Å². The zero-order chi connectivity index (χ0) is 39.5. The van der Waals surface area contributed by atoms with Gasteiger partial charge in [0.25, 0.3) is 5.91 Å². The number of halogens is 2. The summed E-state index contributed by atoms with van der Waals surface area (Å²) in [6.07, 6.45) is 2.66. The van der Waals surface area contributed by atoms with E-state index in [1.165, 1.54) is 31.6 Å². The number of aromatic amines is 2. The van der Waals surface area contributed by atoms with E-state index in [0.29, 0.717) is 72.1 Å². The van der Waals surface area contributed by atoms with E-state index in [4.69, 9.17) is 10.5 Å². The molecule has 0 radical (unpaired) electrons. The molecule has 5 N–H and O–H groups in total. The lowest BCUT2D eigenvalue weighted by molar-refractivity contribution is -0.141. The number of aromatic nitrogens is 4. The summed E-state index contributed by atoms with van der Waals surface area (Å²) < 4.78 is 41.2. The number of hydrogen-bond acceptors (Lipinski definition) is 8. The number of methoxy groups -OCH3 is 1. The van der Waals surface area contributed by atoms with Crippen molar-refractivity contribution >= 4 is 24.0 Å². The molecule has 290 valence electrons. The van der Waals surface area contributed by atoms with Gasteiger partial charge in [0.2, 0.25) is 12.0 Å². The van der Waals surface area contributed by atoms with E-state index in [0.717, 1.165) is 6.42 Å². The summed E-state index contributed by atoms with van der Waals surface area (Å²) in [5.74, 6) is -0.883. The summed E-state index contributed by atoms with van der Waals surface area (Å²) in [6.45, 7) is 2.47. The Morgan fingerprint density at radius 3 is 1.80 bits per heavy atom. The van der Waals surface area contributed by atoms with Gasteiger partial charge in [-0.25, -0.2) is 28.3 Å². The van der Waals surface area contributed by atoms with E-state index in [9.17, 15) is 19.2 Å². The fourth-order valence-electron chi connectivity index (χ4n) is 7.44. The number of alkyl carbamates (subject to hydrolysis) is 1. The second-order valence-electron chi connectivity index (χ2n) is 13.7. The number of imidazole rings is 2. The van der Waals surface area contributed by atoms with Gasteiger partial charge in [-0.05, 0) is 68.0 Å². The van der Waals surface area contributed by atoms with E-state index in [2.05, 4.69) is 30.0 Å². The molecule has 4 atom stereocenters. The van der Waals surface area contributed by atoms with Crippen LogP contribution in [0.1, 0.15) is 68.0 Å². The van der Waals surface area contributed by atoms with Crippen molar-refractivity contribution in [1.29, 1.82) is 0 Å². The monoisotopic (exact) mass is 766 g/mol. The Bertz CT molecular complexity index is 2260. The molecule has 16 heteroatoms. The molecule has 2 fully saturated rings. The summed E-state index contributed by atoms with van der Waals surface area (Å²) in [6, 6.07) is 16.1. The van der Waals surface area contributed by atoms with Crippen LogP contribution in [0, 0.1) is 11.6 Å². The Hall–Kier alpha value is -6.58. The van der Waals surface area contributed by atoms with E-state index < -0.39 is 47.9 Å². The van der Waals surface area contributed by atoms with Crippen LogP contribution in [-0.2, 0) is 19.1 Å². The largest absolute Gasteiger partial charge is 0.453 e. The number of nitrogens with two attached hydrogens (primary N) is 1. The van der Waals surface area contributed by atoms with E-state index in [1.54, 1.807) is 71.3 Å². The highest BCUT2D eigenvalue weighted by molar-refractivity contribution is 5.86. The highest BCUT2D eigenvalue weighted by Gasteiger charge is 2.38. The van der Waals surface area contributed by atoms with Crippen LogP contribution in [0.15, 0.2) is 79.1 Å². The first-order valence-corrected chi connectivity index (χ1v) is 18.2. The molecule has 0 spiro atoms. The van der Waals surface area contributed by atoms with Crippen LogP contribution >= 0.6 is 0 Å². The van der Waals surface area contributed by atoms with Gasteiger partial charge in [-0.2, -0.15) is 0 Å². The van der Waals surface area contributed by atoms with Crippen LogP contribution in [0.3, 0.4) is 0 Å². The maximum Gasteiger partial charge on any atom is 0.407 e. The number of carbonyl (C=O) groups is 4. The molecule has 2 aliphatic rings. The predicted molar refractivity (Wildman–Crippen MR) is 199 cm³/mol. The molecule has 2 aliphatic heterocycles. The average Bonchev–Trinajstić information content (AvgIpc) is 4.03. The highest BCUT2D eigenvalue weighted by atomic mass is 19.1. The third kappa shape index (κ3) is 7.67. The maximum absolute atomic E-state index is 15.7. The lowest BCUT2D eigenvalue weighted by Gasteiger charge is -2.27. The van der Waals surface area contributed by atoms with Gasteiger partial charge in [0.15, 0.2) is 0 Å². The first kappa shape index (κ1) is 37.7. The lowest BCUT2D eigenvalue weighted by atomic mass is 10.00. The second kappa shape index (κ2) is 16.0. The molecule has 0 unspecified atom stereocenters. The Morgan fingerprint density at radius 1 is 0.804 bits per heavy atom. The molecular formula is C40H40F2N8O6. The molecule has 4 amide bonds. The van der Waals surface area contributed by atoms with Gasteiger partial charge in [-0.3, -0.25) is 9.59 Å². The van der Waals surface area contributed by atoms with Crippen LogP contribution in [-0.4, -0.2) is 80.0 Å². The molecular weight excluding hydrogens is 726 g/mol. The topological polar surface area (TPSA) is 189 Å². The number of primary amides is 1. The first-order chi connectivity index (χ1) is 27.0. The number of benzene rings is 3. The summed E-state index contributed by atoms with van der Waals surface area (Å²) in [5.41, 5.74) is 7.98. The van der Waals surface area contributed by atoms with Crippen molar-refractivity contribution in [2.45, 2.75) is 56.8 Å². The predicted octanol–water partition coefficient (Wildman–Crippen LogP) is 6.32. The van der Waals surface area contributed by atoms with Crippen molar-refractivity contribution in [3.8, 4) is 33.6 Å². The number of ether oxygens (including phenoxy) is 2. The molecule has 5 aromatic rings. The maximum atomic E-state index is 15.7. The zero-order valence-corrected chi connectivity index (χ0v) is 30.6. The van der Waals surface area contributed by atoms with Crippen LogP contribution < -0.4 is 11.1 Å². The zero-order valence-electron chi connectivity index (χ0n) is 30.6. The normalized spacial score (nSPS) is 17.7. The minimum absolute atomic E-state index is 0.236. The molecule has 2 saturated heterocycles. The van der Waals surface area contributed by atoms with E-state index in [1.807, 2.05) is 0 Å². The number of likely N-dealkylation sites (tertiary alicyclic amines) is 2. The number of nitrogens with zero attached hydrogens (tertiary/aromatic N) is 4. The quantitative estimate of drug-likeness (QED) is 0.127. The standard InChI is InChI=1S/C40H40F2N8O6/c1-22(46-40(54)55-2)37(51)49-16-6-10-32(49)35-44-20-30(47-35)26-14-12-24(18-28(26)41)25-13-15-27(29(42)19-25)31-21-45-36(48-31)33-11-7-17-50(33)38(52)34(56-39(43)53)23-8-4-3-5-9-23/h3-5,8-9,12-15,18-22,32-34H,6-7,10-11,16-17H2,1-2H3,(H2,43,53)(H,44,47)(H,45,48)(H,46,54)/t22-,32-,33-,34+/m0/s1. The Morgan fingerprint density at radius 2 is 1.32 bits per heavy atom. The van der Waals surface area contributed by atoms with Gasteiger partial charge in [-0.1, -0.05) is 42.5 Å². The number of H-pyrrole nitrogens is 2. The van der Waals surface area contributed by atoms with Gasteiger partial charge < -0.3 is 40.3 Å². The Kier molecular flexibility index (Phi) is 10.8. The number of nitrogens with one attached hydrogen (secondary N) is 3. The minimum Gasteiger partial charge on any atom is -0.453 e. The van der Waals surface area contributed by atoms with E-state index >= 15 is 8.78 Å². The van der Waals surface area contributed by atoms with Crippen molar-refractivity contribution in [3.05, 3.63) is 108 Å². The molecule has 2 aromatic heterocycles. The molecule has 56 heavy (non-hydrogen) atoms. The number of amides is 4. The van der Waals surface area contributed by atoms with E-state index in [-0.39, 0.29) is 23.1 Å². The Balaban J connectivity index is 1.05. The molecule has 0 bridgehead atoms. The summed E-state index contributed by atoms with van der Waals surface area (Å²) in [5, 5.41) is 2.49. The highest BCUT2D eigenvalue weighted by Crippen LogP contribution is 2.37. The molecule has 3 aromatic carbocycles. The number of carbonyl (C=O) groups excluding carboxylic acids is 4. The van der Waals surface area contributed by atoms with Gasteiger partial charge >= 0.3 is 12.2 Å². The first-order valence-electron chi connectivity index (χ1n) is 18.2. The SMILES string of the molecule is COC(=O)N[C@@H](C)C(=O)N1CCC[C@H]1c1ncc(-c2ccc(-c3ccc(-c4cnc([C@@H]5CCCN5C(=O)[C@H](OC(N)=O)c5ccccc5)[nH]4)c(F)c3)cc2F)[nH]1. The summed E-state index contributed by atoms with van der Waals surface area (Å²) in [4.78, 5) is 68.6. The molecule has 7 rings (SSSR count). The van der Waals surface area contributed by atoms with Crippen molar-refractivity contribution in [2.75, 3.05) is 20.2 Å². The number of hydrogen-bond donors (Lipinski definition) is 4. The summed E-state index contributed by atoms with van der Waals surface area (Å²) in [7, 11) is 1.22. The van der Waals surface area contributed by atoms with Crippen LogP contribution in [0.2, 0.25) is 0 Å².